The number of rotatable bonds is 12. The van der Waals surface area contributed by atoms with Crippen molar-refractivity contribution in [1.82, 2.24) is 19.5 Å². The van der Waals surface area contributed by atoms with Crippen LogP contribution in [0.15, 0.2) is 43.0 Å². The molecule has 6 atom stereocenters. The van der Waals surface area contributed by atoms with Gasteiger partial charge in [-0.05, 0) is 30.2 Å². The number of nitrogens with zero attached hydrogens (tertiary/aromatic N) is 4. The molecule has 18 heteroatoms. The van der Waals surface area contributed by atoms with E-state index in [0.29, 0.717) is 5.56 Å². The fourth-order valence-electron chi connectivity index (χ4n) is 3.64. The van der Waals surface area contributed by atoms with Crippen LogP contribution in [-0.2, 0) is 34.7 Å². The number of hydrogen-bond acceptors (Lipinski definition) is 11. The first-order chi connectivity index (χ1) is 18.2. The van der Waals surface area contributed by atoms with Crippen LogP contribution in [0, 0.1) is 5.41 Å². The Kier molecular flexibility index (Phi) is 9.41. The topological polar surface area (TPSA) is 191 Å². The summed E-state index contributed by atoms with van der Waals surface area (Å²) in [4.78, 5) is 44.4. The van der Waals surface area contributed by atoms with Gasteiger partial charge in [-0.3, -0.25) is 13.9 Å². The third-order valence-electron chi connectivity index (χ3n) is 5.32. The first kappa shape index (κ1) is 28.5. The minimum atomic E-state index is -3.76. The molecule has 1 fully saturated rings. The molecule has 0 aliphatic carbocycles. The summed E-state index contributed by atoms with van der Waals surface area (Å²) in [5, 5.41) is 9.62. The normalized spacial score (nSPS) is 23.7. The number of amides is 1. The molecule has 0 radical (unpaired) electrons. The maximum Gasteiger partial charge on any atom is 0.324 e. The fourth-order valence-corrected chi connectivity index (χ4v) is 5.31. The van der Waals surface area contributed by atoms with Gasteiger partial charge in [-0.1, -0.05) is 18.2 Å². The molecule has 2 aromatic heterocycles. The second-order valence-corrected chi connectivity index (χ2v) is 11.4. The Morgan fingerprint density at radius 1 is 1.32 bits per heavy atom. The molecule has 3 aromatic rings. The van der Waals surface area contributed by atoms with Gasteiger partial charge in [0.15, 0.2) is 29.4 Å². The molecule has 38 heavy (non-hydrogen) atoms. The minimum Gasteiger partial charge on any atom is -0.346 e. The van der Waals surface area contributed by atoms with E-state index < -0.39 is 52.1 Å². The number of halogens is 1. The third-order valence-corrected chi connectivity index (χ3v) is 7.41. The molecule has 204 valence electrons. The number of fused-ring (bicyclic) bond motifs is 1. The molecule has 1 saturated heterocycles. The number of carbonyl (C=O) groups excluding carboxylic acids is 1. The maximum atomic E-state index is 15.5. The fraction of sp³-hybridized carbons (Fsp3) is 0.350. The number of nitrogens with one attached hydrogen (secondary N) is 2. The van der Waals surface area contributed by atoms with Gasteiger partial charge in [0, 0.05) is 12.0 Å². The van der Waals surface area contributed by atoms with E-state index >= 15 is 4.39 Å². The van der Waals surface area contributed by atoms with Crippen molar-refractivity contribution in [2.45, 2.75) is 31.0 Å². The summed E-state index contributed by atoms with van der Waals surface area (Å²) in [7, 11) is -3.59. The van der Waals surface area contributed by atoms with Gasteiger partial charge in [0.05, 0.1) is 19.5 Å². The minimum absolute atomic E-state index is 0.0642. The van der Waals surface area contributed by atoms with E-state index in [2.05, 4.69) is 20.3 Å². The molecular formula is C20H23FN6O8P2S. The molecule has 0 bridgehead atoms. The Morgan fingerprint density at radius 3 is 2.79 bits per heavy atom. The van der Waals surface area contributed by atoms with E-state index in [4.69, 9.17) is 35.5 Å². The van der Waals surface area contributed by atoms with Crippen LogP contribution in [0.1, 0.15) is 23.0 Å². The van der Waals surface area contributed by atoms with E-state index in [1.165, 1.54) is 10.9 Å². The van der Waals surface area contributed by atoms with Crippen molar-refractivity contribution in [2.75, 3.05) is 18.5 Å². The zero-order valence-electron chi connectivity index (χ0n) is 19.4. The number of ether oxygens (including phenoxy) is 1. The van der Waals surface area contributed by atoms with Crippen molar-refractivity contribution in [3.8, 4) is 0 Å². The van der Waals surface area contributed by atoms with Crippen LogP contribution >= 0.6 is 15.0 Å². The molecule has 4 rings (SSSR count). The van der Waals surface area contributed by atoms with Crippen molar-refractivity contribution in [3.63, 3.8) is 0 Å². The van der Waals surface area contributed by atoms with Crippen molar-refractivity contribution < 1.29 is 41.8 Å². The van der Waals surface area contributed by atoms with Gasteiger partial charge < -0.3 is 38.8 Å². The maximum absolute atomic E-state index is 15.5. The number of alkyl halides is 1. The van der Waals surface area contributed by atoms with Crippen molar-refractivity contribution >= 4 is 55.9 Å². The summed E-state index contributed by atoms with van der Waals surface area (Å²) in [5.41, 5.74) is 0.635. The lowest BCUT2D eigenvalue weighted by atomic mass is 10.1. The van der Waals surface area contributed by atoms with Gasteiger partial charge in [0.25, 0.3) is 5.91 Å². The van der Waals surface area contributed by atoms with Crippen molar-refractivity contribution in [1.29, 1.82) is 5.41 Å². The van der Waals surface area contributed by atoms with Crippen LogP contribution < -0.4 is 5.32 Å². The third kappa shape index (κ3) is 6.72. The standard InChI is InChI=1S/C20H23FN6O8P2S/c21-14-16(35-36(29)30)13(9-33-37(31,38)32-8-4-7-22)34-20(14)27-11-25-15-17(23-10-24-18(15)27)26-19(28)12-5-2-1-3-6-12/h1-3,5-7,10-11,13-14,16,20,22,36H,4,8-9H2,(H,29,30)(H,31,38)(H,23,24,26,28)/t13-,14-,16-,20-,37?/m1/s1. The molecule has 1 amide bonds. The Hall–Kier alpha value is -2.52. The monoisotopic (exact) mass is 588 g/mol. The Labute approximate surface area is 220 Å². The van der Waals surface area contributed by atoms with Crippen LogP contribution in [0.25, 0.3) is 11.2 Å². The predicted octanol–water partition coefficient (Wildman–Crippen LogP) is 2.37. The molecule has 14 nitrogen and oxygen atoms in total. The average molecular weight is 588 g/mol. The zero-order valence-corrected chi connectivity index (χ0v) is 22.1. The van der Waals surface area contributed by atoms with Gasteiger partial charge in [0.1, 0.15) is 18.5 Å². The van der Waals surface area contributed by atoms with Crippen molar-refractivity contribution in [3.05, 3.63) is 48.5 Å². The van der Waals surface area contributed by atoms with E-state index in [-0.39, 0.29) is 30.0 Å². The molecule has 0 saturated carbocycles. The second kappa shape index (κ2) is 12.6. The molecular weight excluding hydrogens is 565 g/mol. The summed E-state index contributed by atoms with van der Waals surface area (Å²) in [5.74, 6) is -0.367. The molecule has 3 heterocycles. The highest BCUT2D eigenvalue weighted by Crippen LogP contribution is 2.46. The van der Waals surface area contributed by atoms with E-state index in [1.54, 1.807) is 30.3 Å². The Balaban J connectivity index is 1.55. The van der Waals surface area contributed by atoms with Crippen molar-refractivity contribution in [2.24, 2.45) is 0 Å². The summed E-state index contributed by atoms with van der Waals surface area (Å²) >= 11 is 4.89. The van der Waals surface area contributed by atoms with E-state index in [0.717, 1.165) is 12.5 Å². The van der Waals surface area contributed by atoms with E-state index in [9.17, 15) is 19.1 Å². The zero-order chi connectivity index (χ0) is 27.3. The SMILES string of the molecule is N=CCCOP(O)(=S)OC[C@H]1O[C@@H](n2cnc3c(NC(=O)c4ccccc4)ncnc32)[C@H](F)[C@@H]1O[PH](=O)O. The molecule has 1 aromatic carbocycles. The summed E-state index contributed by atoms with van der Waals surface area (Å²) in [6.45, 7) is -4.34. The predicted molar refractivity (Wildman–Crippen MR) is 136 cm³/mol. The van der Waals surface area contributed by atoms with Gasteiger partial charge in [-0.25, -0.2) is 19.3 Å². The van der Waals surface area contributed by atoms with Crippen LogP contribution in [0.4, 0.5) is 10.2 Å². The van der Waals surface area contributed by atoms with Gasteiger partial charge in [-0.15, -0.1) is 0 Å². The number of imidazole rings is 1. The summed E-state index contributed by atoms with van der Waals surface area (Å²) in [6, 6.07) is 8.41. The first-order valence-corrected chi connectivity index (χ1v) is 14.9. The van der Waals surface area contributed by atoms with Gasteiger partial charge in [0.2, 0.25) is 0 Å². The molecule has 2 unspecified atom stereocenters. The molecule has 1 aliphatic heterocycles. The average Bonchev–Trinajstić information content (AvgIpc) is 3.45. The Bertz CT molecular complexity index is 1370. The lowest BCUT2D eigenvalue weighted by Gasteiger charge is -2.21. The number of aromatic nitrogens is 4. The summed E-state index contributed by atoms with van der Waals surface area (Å²) < 4.78 is 49.0. The smallest absolute Gasteiger partial charge is 0.324 e. The lowest BCUT2D eigenvalue weighted by Crippen LogP contribution is -2.32. The molecule has 1 aliphatic rings. The largest absolute Gasteiger partial charge is 0.346 e. The second-order valence-electron chi connectivity index (χ2n) is 7.81. The van der Waals surface area contributed by atoms with Crippen LogP contribution in [0.3, 0.4) is 0 Å². The highest BCUT2D eigenvalue weighted by molar-refractivity contribution is 8.07. The van der Waals surface area contributed by atoms with Gasteiger partial charge in [-0.2, -0.15) is 0 Å². The van der Waals surface area contributed by atoms with Crippen LogP contribution in [0.5, 0.6) is 0 Å². The quantitative estimate of drug-likeness (QED) is 0.137. The molecule has 4 N–H and O–H groups in total. The van der Waals surface area contributed by atoms with Crippen LogP contribution in [0.2, 0.25) is 0 Å². The number of anilines is 1. The number of carbonyl (C=O) groups is 1. The van der Waals surface area contributed by atoms with Crippen LogP contribution in [-0.4, -0.2) is 73.0 Å². The highest BCUT2D eigenvalue weighted by Gasteiger charge is 2.49. The first-order valence-electron chi connectivity index (χ1n) is 11.0. The number of hydrogen-bond donors (Lipinski definition) is 4. The van der Waals surface area contributed by atoms with E-state index in [1.807, 2.05) is 0 Å². The van der Waals surface area contributed by atoms with Gasteiger partial charge >= 0.3 is 15.0 Å². The lowest BCUT2D eigenvalue weighted by molar-refractivity contribution is -0.0415. The highest BCUT2D eigenvalue weighted by atomic mass is 32.5. The summed E-state index contributed by atoms with van der Waals surface area (Å²) in [6.07, 6.45) is -2.63. The number of benzene rings is 1. The molecule has 0 spiro atoms. The Morgan fingerprint density at radius 2 is 2.08 bits per heavy atom.